The molecule has 0 spiro atoms. The molecule has 2 aromatic heterocycles. The molecule has 2 heterocycles. The minimum Gasteiger partial charge on any atom is -0.467 e. The van der Waals surface area contributed by atoms with Crippen molar-refractivity contribution in [2.75, 3.05) is 0 Å². The Morgan fingerprint density at radius 1 is 1.09 bits per heavy atom. The lowest BCUT2D eigenvalue weighted by atomic mass is 10.0. The number of aromatic nitrogens is 1. The lowest BCUT2D eigenvalue weighted by Crippen LogP contribution is -2.29. The summed E-state index contributed by atoms with van der Waals surface area (Å²) >= 11 is 0. The molecule has 1 amide bonds. The van der Waals surface area contributed by atoms with Gasteiger partial charge >= 0.3 is 0 Å². The fourth-order valence-electron chi connectivity index (χ4n) is 2.46. The second kappa shape index (κ2) is 7.40. The Morgan fingerprint density at radius 2 is 1.96 bits per heavy atom. The quantitative estimate of drug-likeness (QED) is 0.758. The third-order valence-corrected chi connectivity index (χ3v) is 3.63. The van der Waals surface area contributed by atoms with Crippen molar-refractivity contribution in [1.82, 2.24) is 10.3 Å². The van der Waals surface area contributed by atoms with Gasteiger partial charge in [0.25, 0.3) is 0 Å². The second-order valence-corrected chi connectivity index (χ2v) is 5.29. The highest BCUT2D eigenvalue weighted by atomic mass is 16.3. The molecule has 0 bridgehead atoms. The maximum Gasteiger partial charge on any atom is 0.221 e. The Kier molecular flexibility index (Phi) is 4.84. The fraction of sp³-hybridized carbons (Fsp3) is 0.158. The van der Waals surface area contributed by atoms with E-state index in [-0.39, 0.29) is 11.9 Å². The van der Waals surface area contributed by atoms with Gasteiger partial charge in [-0.15, -0.1) is 0 Å². The number of nitrogens with one attached hydrogen (secondary N) is 1. The monoisotopic (exact) mass is 306 g/mol. The highest BCUT2D eigenvalue weighted by Gasteiger charge is 2.18. The van der Waals surface area contributed by atoms with Gasteiger partial charge in [0.15, 0.2) is 0 Å². The molecule has 0 aliphatic heterocycles. The molecule has 3 aromatic rings. The molecule has 1 N–H and O–H groups in total. The number of pyridine rings is 1. The molecule has 0 radical (unpaired) electrons. The van der Waals surface area contributed by atoms with Gasteiger partial charge in [-0.1, -0.05) is 36.4 Å². The van der Waals surface area contributed by atoms with Crippen LogP contribution in [0.3, 0.4) is 0 Å². The first-order chi connectivity index (χ1) is 11.3. The molecule has 4 nitrogen and oxygen atoms in total. The van der Waals surface area contributed by atoms with E-state index >= 15 is 0 Å². The van der Waals surface area contributed by atoms with Gasteiger partial charge in [-0.25, -0.2) is 0 Å². The molecule has 4 heteroatoms. The van der Waals surface area contributed by atoms with Crippen LogP contribution in [0.25, 0.3) is 0 Å². The lowest BCUT2D eigenvalue weighted by Gasteiger charge is -2.17. The second-order valence-electron chi connectivity index (χ2n) is 5.29. The third kappa shape index (κ3) is 4.07. The van der Waals surface area contributed by atoms with E-state index in [9.17, 15) is 4.79 Å². The van der Waals surface area contributed by atoms with Crippen molar-refractivity contribution in [2.24, 2.45) is 0 Å². The first-order valence-corrected chi connectivity index (χ1v) is 7.59. The zero-order valence-corrected chi connectivity index (χ0v) is 12.7. The molecular formula is C19H18N2O2. The molecule has 0 aliphatic carbocycles. The first kappa shape index (κ1) is 15.0. The highest BCUT2D eigenvalue weighted by Crippen LogP contribution is 2.22. The van der Waals surface area contributed by atoms with Crippen LogP contribution in [0.1, 0.15) is 29.3 Å². The van der Waals surface area contributed by atoms with Crippen molar-refractivity contribution in [3.63, 3.8) is 0 Å². The Bertz CT molecular complexity index is 725. The number of benzene rings is 1. The Labute approximate surface area is 135 Å². The lowest BCUT2D eigenvalue weighted by molar-refractivity contribution is -0.121. The summed E-state index contributed by atoms with van der Waals surface area (Å²) in [4.78, 5) is 16.4. The molecule has 1 aromatic carbocycles. The number of carbonyl (C=O) groups is 1. The number of amides is 1. The zero-order valence-electron chi connectivity index (χ0n) is 12.7. The van der Waals surface area contributed by atoms with Gasteiger partial charge in [0.05, 0.1) is 6.26 Å². The predicted molar refractivity (Wildman–Crippen MR) is 87.7 cm³/mol. The SMILES string of the molecule is O=C(CCc1cccnc1)NC(c1ccccc1)c1ccco1. The maximum absolute atomic E-state index is 12.3. The van der Waals surface area contributed by atoms with Crippen LogP contribution in [0.2, 0.25) is 0 Å². The Balaban J connectivity index is 1.68. The summed E-state index contributed by atoms with van der Waals surface area (Å²) in [6.07, 6.45) is 6.21. The highest BCUT2D eigenvalue weighted by molar-refractivity contribution is 5.77. The van der Waals surface area contributed by atoms with Crippen molar-refractivity contribution in [3.8, 4) is 0 Å². The molecule has 1 atom stereocenters. The average Bonchev–Trinajstić information content (AvgIpc) is 3.14. The van der Waals surface area contributed by atoms with Crippen LogP contribution < -0.4 is 5.32 Å². The summed E-state index contributed by atoms with van der Waals surface area (Å²) in [5.41, 5.74) is 2.05. The topological polar surface area (TPSA) is 55.1 Å². The van der Waals surface area contributed by atoms with Gasteiger partial charge in [0, 0.05) is 18.8 Å². The number of hydrogen-bond acceptors (Lipinski definition) is 3. The van der Waals surface area contributed by atoms with E-state index in [4.69, 9.17) is 4.42 Å². The fourth-order valence-corrected chi connectivity index (χ4v) is 2.46. The van der Waals surface area contributed by atoms with Crippen LogP contribution in [0.5, 0.6) is 0 Å². The largest absolute Gasteiger partial charge is 0.467 e. The molecule has 116 valence electrons. The van der Waals surface area contributed by atoms with Crippen molar-refractivity contribution in [2.45, 2.75) is 18.9 Å². The summed E-state index contributed by atoms with van der Waals surface area (Å²) < 4.78 is 5.49. The maximum atomic E-state index is 12.3. The number of furan rings is 1. The van der Waals surface area contributed by atoms with E-state index in [1.54, 1.807) is 18.7 Å². The molecule has 0 saturated carbocycles. The van der Waals surface area contributed by atoms with Gasteiger partial charge in [-0.05, 0) is 35.7 Å². The van der Waals surface area contributed by atoms with E-state index < -0.39 is 0 Å². The van der Waals surface area contributed by atoms with Crippen molar-refractivity contribution in [3.05, 3.63) is 90.1 Å². The summed E-state index contributed by atoms with van der Waals surface area (Å²) in [6.45, 7) is 0. The van der Waals surface area contributed by atoms with Crippen molar-refractivity contribution in [1.29, 1.82) is 0 Å². The van der Waals surface area contributed by atoms with Crippen molar-refractivity contribution >= 4 is 5.91 Å². The van der Waals surface area contributed by atoms with Crippen molar-refractivity contribution < 1.29 is 9.21 Å². The van der Waals surface area contributed by atoms with Gasteiger partial charge in [-0.3, -0.25) is 9.78 Å². The number of hydrogen-bond donors (Lipinski definition) is 1. The summed E-state index contributed by atoms with van der Waals surface area (Å²) in [5.74, 6) is 0.713. The van der Waals surface area contributed by atoms with Crippen LogP contribution in [-0.2, 0) is 11.2 Å². The van der Waals surface area contributed by atoms with E-state index in [1.165, 1.54) is 0 Å². The molecule has 0 fully saturated rings. The Hall–Kier alpha value is -2.88. The first-order valence-electron chi connectivity index (χ1n) is 7.59. The number of rotatable bonds is 6. The van der Waals surface area contributed by atoms with E-state index in [1.807, 2.05) is 54.6 Å². The third-order valence-electron chi connectivity index (χ3n) is 3.63. The molecule has 0 aliphatic rings. The Morgan fingerprint density at radius 3 is 2.65 bits per heavy atom. The summed E-state index contributed by atoms with van der Waals surface area (Å²) in [7, 11) is 0. The van der Waals surface area contributed by atoms with Crippen LogP contribution in [-0.4, -0.2) is 10.9 Å². The predicted octanol–water partition coefficient (Wildman–Crippen LogP) is 3.51. The van der Waals surface area contributed by atoms with Crippen LogP contribution in [0.15, 0.2) is 77.7 Å². The van der Waals surface area contributed by atoms with E-state index in [0.717, 1.165) is 16.9 Å². The van der Waals surface area contributed by atoms with Crippen LogP contribution in [0, 0.1) is 0 Å². The zero-order chi connectivity index (χ0) is 15.9. The minimum absolute atomic E-state index is 0.0147. The standard InChI is InChI=1S/C19H18N2O2/c22-18(11-10-15-6-4-12-20-14-15)21-19(17-9-5-13-23-17)16-7-2-1-3-8-16/h1-9,12-14,19H,10-11H2,(H,21,22). The number of nitrogens with zero attached hydrogens (tertiary/aromatic N) is 1. The van der Waals surface area contributed by atoms with E-state index in [2.05, 4.69) is 10.3 Å². The molecule has 1 unspecified atom stereocenters. The van der Waals surface area contributed by atoms with Gasteiger partial charge < -0.3 is 9.73 Å². The normalized spacial score (nSPS) is 11.8. The molecule has 23 heavy (non-hydrogen) atoms. The van der Waals surface area contributed by atoms with Gasteiger partial charge in [0.2, 0.25) is 5.91 Å². The van der Waals surface area contributed by atoms with E-state index in [0.29, 0.717) is 12.8 Å². The number of aryl methyl sites for hydroxylation is 1. The van der Waals surface area contributed by atoms with Crippen LogP contribution in [0.4, 0.5) is 0 Å². The van der Waals surface area contributed by atoms with Crippen LogP contribution >= 0.6 is 0 Å². The molecule has 0 saturated heterocycles. The minimum atomic E-state index is -0.271. The molecule has 3 rings (SSSR count). The number of carbonyl (C=O) groups excluding carboxylic acids is 1. The van der Waals surface area contributed by atoms with Gasteiger partial charge in [-0.2, -0.15) is 0 Å². The molecular weight excluding hydrogens is 288 g/mol. The smallest absolute Gasteiger partial charge is 0.221 e. The summed E-state index contributed by atoms with van der Waals surface area (Å²) in [5, 5.41) is 3.05. The average molecular weight is 306 g/mol. The summed E-state index contributed by atoms with van der Waals surface area (Å²) in [6, 6.07) is 17.1. The van der Waals surface area contributed by atoms with Gasteiger partial charge in [0.1, 0.15) is 11.8 Å².